The number of nitrogens with one attached hydrogen (secondary N) is 3. The molecule has 0 bridgehead atoms. The van der Waals surface area contributed by atoms with Gasteiger partial charge in [-0.3, -0.25) is 19.0 Å². The number of rotatable bonds is 19. The van der Waals surface area contributed by atoms with Crippen LogP contribution in [0.15, 0.2) is 111 Å². The molecular weight excluding hydrogens is 855 g/mol. The first-order chi connectivity index (χ1) is 32.7. The van der Waals surface area contributed by atoms with E-state index in [1.54, 1.807) is 4.68 Å². The Morgan fingerprint density at radius 1 is 0.765 bits per heavy atom. The van der Waals surface area contributed by atoms with E-state index in [0.717, 1.165) is 90.9 Å². The Bertz CT molecular complexity index is 3170. The largest absolute Gasteiger partial charge is 0.374 e. The highest BCUT2D eigenvalue weighted by Gasteiger charge is 2.26. The number of anilines is 2. The van der Waals surface area contributed by atoms with Crippen molar-refractivity contribution in [3.05, 3.63) is 133 Å². The summed E-state index contributed by atoms with van der Waals surface area (Å²) in [5.74, 6) is -0.661. The molecule has 0 fully saturated rings. The van der Waals surface area contributed by atoms with Gasteiger partial charge in [0.05, 0.1) is 62.3 Å². The summed E-state index contributed by atoms with van der Waals surface area (Å²) in [6, 6.07) is 16.4. The minimum absolute atomic E-state index is 0.0179. The molecule has 15 nitrogen and oxygen atoms in total. The topological polar surface area (TPSA) is 162 Å². The zero-order chi connectivity index (χ0) is 48.2. The molecule has 6 aromatic heterocycles. The number of carbonyl (C=O) groups is 2. The summed E-state index contributed by atoms with van der Waals surface area (Å²) in [6.07, 6.45) is 14.0. The highest BCUT2D eigenvalue weighted by molar-refractivity contribution is 6.07. The number of benzene rings is 2. The number of aryl methyl sites for hydroxylation is 2. The summed E-state index contributed by atoms with van der Waals surface area (Å²) < 4.78 is 18.0. The summed E-state index contributed by atoms with van der Waals surface area (Å²) in [5, 5.41) is 17.2. The van der Waals surface area contributed by atoms with Gasteiger partial charge in [0, 0.05) is 82.8 Å². The van der Waals surface area contributed by atoms with Gasteiger partial charge in [-0.15, -0.1) is 0 Å². The van der Waals surface area contributed by atoms with Crippen molar-refractivity contribution in [2.24, 2.45) is 7.05 Å². The number of amides is 2. The summed E-state index contributed by atoms with van der Waals surface area (Å²) >= 11 is 0. The smallest absolute Gasteiger partial charge is 0.247 e. The molecule has 6 heterocycles. The summed E-state index contributed by atoms with van der Waals surface area (Å²) in [4.78, 5) is 41.8. The van der Waals surface area contributed by atoms with E-state index >= 15 is 0 Å². The maximum atomic E-state index is 13.4. The van der Waals surface area contributed by atoms with E-state index in [0.29, 0.717) is 42.4 Å². The number of fused-ring (bicyclic) bond motifs is 2. The SMILES string of the molecule is C=CC(=O)Nc1cc(-c2c(-c3cnn(C)c3)n(Cc3ccc(-c4c(-c5cnn(CCN(C)C)c5)[nH]c5ncc(COC(C)C)cc45)cc3NC(=O)C=C)c3ncc(COC(C)C)cc23)ccc1C. The lowest BCUT2D eigenvalue weighted by molar-refractivity contribution is -0.112. The molecule has 8 rings (SSSR count). The summed E-state index contributed by atoms with van der Waals surface area (Å²) in [7, 11) is 5.97. The van der Waals surface area contributed by atoms with Gasteiger partial charge in [-0.05, 0) is 119 Å². The van der Waals surface area contributed by atoms with Crippen molar-refractivity contribution in [1.82, 2.24) is 44.0 Å². The average Bonchev–Trinajstić information content (AvgIpc) is 4.12. The summed E-state index contributed by atoms with van der Waals surface area (Å²) in [6.45, 7) is 20.1. The van der Waals surface area contributed by atoms with Crippen LogP contribution >= 0.6 is 0 Å². The van der Waals surface area contributed by atoms with Gasteiger partial charge in [0.15, 0.2) is 0 Å². The number of aromatic nitrogens is 8. The molecule has 0 saturated heterocycles. The van der Waals surface area contributed by atoms with Crippen LogP contribution in [0.1, 0.15) is 49.9 Å². The van der Waals surface area contributed by atoms with E-state index in [9.17, 15) is 9.59 Å². The van der Waals surface area contributed by atoms with E-state index < -0.39 is 0 Å². The number of ether oxygens (including phenoxy) is 2. The maximum Gasteiger partial charge on any atom is 0.247 e. The molecular formula is C53H59N11O4. The number of hydrogen-bond donors (Lipinski definition) is 3. The molecule has 0 aliphatic heterocycles. The molecule has 0 unspecified atom stereocenters. The minimum Gasteiger partial charge on any atom is -0.374 e. The molecule has 0 aliphatic carbocycles. The third-order valence-electron chi connectivity index (χ3n) is 11.6. The number of nitrogens with zero attached hydrogens (tertiary/aromatic N) is 8. The van der Waals surface area contributed by atoms with Crippen molar-refractivity contribution in [3.8, 4) is 44.8 Å². The second-order valence-corrected chi connectivity index (χ2v) is 17.8. The Labute approximate surface area is 396 Å². The molecule has 0 atom stereocenters. The van der Waals surface area contributed by atoms with Crippen molar-refractivity contribution in [1.29, 1.82) is 0 Å². The van der Waals surface area contributed by atoms with E-state index in [4.69, 9.17) is 24.5 Å². The fourth-order valence-electron chi connectivity index (χ4n) is 8.23. The number of H-pyrrole nitrogens is 1. The molecule has 2 amide bonds. The van der Waals surface area contributed by atoms with E-state index in [2.05, 4.69) is 73.7 Å². The molecule has 0 aliphatic rings. The molecule has 0 saturated carbocycles. The molecule has 15 heteroatoms. The predicted molar refractivity (Wildman–Crippen MR) is 270 cm³/mol. The van der Waals surface area contributed by atoms with Crippen LogP contribution < -0.4 is 10.6 Å². The number of hydrogen-bond acceptors (Lipinski definition) is 9. The maximum absolute atomic E-state index is 13.4. The second kappa shape index (κ2) is 20.2. The van der Waals surface area contributed by atoms with E-state index in [1.165, 1.54) is 12.2 Å². The highest BCUT2D eigenvalue weighted by atomic mass is 16.5. The first kappa shape index (κ1) is 47.0. The van der Waals surface area contributed by atoms with Gasteiger partial charge in [0.1, 0.15) is 11.3 Å². The average molecular weight is 914 g/mol. The van der Waals surface area contributed by atoms with Gasteiger partial charge in [-0.2, -0.15) is 10.2 Å². The van der Waals surface area contributed by atoms with Crippen LogP contribution in [-0.4, -0.2) is 88.6 Å². The van der Waals surface area contributed by atoms with Crippen LogP contribution in [0, 0.1) is 6.92 Å². The lowest BCUT2D eigenvalue weighted by atomic mass is 9.97. The minimum atomic E-state index is -0.355. The van der Waals surface area contributed by atoms with Crippen molar-refractivity contribution < 1.29 is 19.1 Å². The first-order valence-corrected chi connectivity index (χ1v) is 22.7. The Balaban J connectivity index is 1.33. The van der Waals surface area contributed by atoms with Gasteiger partial charge in [-0.25, -0.2) is 9.97 Å². The number of pyridine rings is 2. The first-order valence-electron chi connectivity index (χ1n) is 22.7. The van der Waals surface area contributed by atoms with Gasteiger partial charge in [-0.1, -0.05) is 37.4 Å². The Hall–Kier alpha value is -7.46. The monoisotopic (exact) mass is 913 g/mol. The third-order valence-corrected chi connectivity index (χ3v) is 11.6. The van der Waals surface area contributed by atoms with Crippen molar-refractivity contribution in [2.75, 3.05) is 31.3 Å². The van der Waals surface area contributed by atoms with Crippen molar-refractivity contribution in [3.63, 3.8) is 0 Å². The summed E-state index contributed by atoms with van der Waals surface area (Å²) in [5.41, 5.74) is 13.2. The van der Waals surface area contributed by atoms with Crippen LogP contribution in [0.3, 0.4) is 0 Å². The van der Waals surface area contributed by atoms with Gasteiger partial charge < -0.3 is 34.6 Å². The van der Waals surface area contributed by atoms with E-state index in [1.807, 2.05) is 116 Å². The normalized spacial score (nSPS) is 11.7. The van der Waals surface area contributed by atoms with Crippen LogP contribution in [0.2, 0.25) is 0 Å². The van der Waals surface area contributed by atoms with Crippen LogP contribution in [0.25, 0.3) is 66.8 Å². The molecule has 68 heavy (non-hydrogen) atoms. The number of likely N-dealkylation sites (N-methyl/N-ethyl adjacent to an activating group) is 1. The fourth-order valence-corrected chi connectivity index (χ4v) is 8.23. The van der Waals surface area contributed by atoms with Crippen LogP contribution in [-0.2, 0) is 52.4 Å². The van der Waals surface area contributed by atoms with Crippen LogP contribution in [0.4, 0.5) is 11.4 Å². The van der Waals surface area contributed by atoms with Gasteiger partial charge in [0.2, 0.25) is 11.8 Å². The lowest BCUT2D eigenvalue weighted by Gasteiger charge is -2.17. The molecule has 8 aromatic rings. The number of carbonyl (C=O) groups excluding carboxylic acids is 2. The Kier molecular flexibility index (Phi) is 14.0. The van der Waals surface area contributed by atoms with Crippen LogP contribution in [0.5, 0.6) is 0 Å². The predicted octanol–water partition coefficient (Wildman–Crippen LogP) is 9.53. The van der Waals surface area contributed by atoms with Crippen molar-refractivity contribution in [2.45, 2.75) is 73.1 Å². The standard InChI is InChI=1S/C53H59N11O4/c1-11-46(65)58-44-21-38(14-13-34(44)7)49-43-20-36(31-68-33(5)6)24-55-53(43)64(51(49)41-26-56-62(10)27-41)29-39-16-15-37(22-45(39)59-47(66)12-2)48-42-19-35(30-67-32(3)4)23-54-52(42)60-50(48)40-25-57-63(28-40)18-17-61(8)9/h11-16,19-28,32-33H,1-2,17-18,29-31H2,3-10H3,(H,54,60)(H,58,65)(H,59,66). The Morgan fingerprint density at radius 3 is 2.06 bits per heavy atom. The second-order valence-electron chi connectivity index (χ2n) is 17.8. The van der Waals surface area contributed by atoms with Crippen molar-refractivity contribution >= 4 is 45.3 Å². The zero-order valence-corrected chi connectivity index (χ0v) is 40.1. The van der Waals surface area contributed by atoms with Gasteiger partial charge >= 0.3 is 0 Å². The quantitative estimate of drug-likeness (QED) is 0.0671. The lowest BCUT2D eigenvalue weighted by Crippen LogP contribution is -2.18. The zero-order valence-electron chi connectivity index (χ0n) is 40.1. The third kappa shape index (κ3) is 10.2. The molecule has 0 spiro atoms. The Morgan fingerprint density at radius 2 is 1.40 bits per heavy atom. The fraction of sp³-hybridized carbons (Fsp3) is 0.283. The van der Waals surface area contributed by atoms with Gasteiger partial charge in [0.25, 0.3) is 0 Å². The molecule has 2 aromatic carbocycles. The molecule has 350 valence electrons. The molecule has 0 radical (unpaired) electrons. The number of aromatic amines is 1. The van der Waals surface area contributed by atoms with E-state index in [-0.39, 0.29) is 24.0 Å². The highest BCUT2D eigenvalue weighted by Crippen LogP contribution is 2.44. The molecule has 3 N–H and O–H groups in total.